The SMILES string of the molecule is CC(C)(C)[Si](C)(C)C[C-]=C1C=C[CH+]C=C1. The summed E-state index contributed by atoms with van der Waals surface area (Å²) in [6.45, 7) is 12.0. The first kappa shape index (κ1) is 12.4. The summed E-state index contributed by atoms with van der Waals surface area (Å²) in [4.78, 5) is 0. The van der Waals surface area contributed by atoms with E-state index in [4.69, 9.17) is 0 Å². The first-order valence-corrected chi connectivity index (χ1v) is 8.82. The van der Waals surface area contributed by atoms with Gasteiger partial charge < -0.3 is 0 Å². The average molecular weight is 218 g/mol. The molecule has 0 nitrogen and oxygen atoms in total. The Hall–Kier alpha value is -0.693. The van der Waals surface area contributed by atoms with Crippen molar-refractivity contribution in [2.45, 2.75) is 44.9 Å². The van der Waals surface area contributed by atoms with Crippen molar-refractivity contribution in [1.29, 1.82) is 0 Å². The Morgan fingerprint density at radius 3 is 2.20 bits per heavy atom. The molecule has 0 heterocycles. The van der Waals surface area contributed by atoms with Crippen LogP contribution < -0.4 is 0 Å². The van der Waals surface area contributed by atoms with E-state index < -0.39 is 8.07 Å². The van der Waals surface area contributed by atoms with Gasteiger partial charge in [-0.1, -0.05) is 39.9 Å². The molecule has 1 aliphatic carbocycles. The monoisotopic (exact) mass is 218 g/mol. The predicted octanol–water partition coefficient (Wildman–Crippen LogP) is 4.55. The molecule has 0 unspecified atom stereocenters. The third kappa shape index (κ3) is 3.42. The zero-order chi connectivity index (χ0) is 11.5. The quantitative estimate of drug-likeness (QED) is 0.471. The molecule has 1 heteroatoms. The van der Waals surface area contributed by atoms with E-state index in [1.165, 1.54) is 5.57 Å². The molecule has 0 aromatic heterocycles. The van der Waals surface area contributed by atoms with Crippen molar-refractivity contribution in [3.05, 3.63) is 42.4 Å². The lowest BCUT2D eigenvalue weighted by molar-refractivity contribution is 0.718. The molecule has 0 amide bonds. The van der Waals surface area contributed by atoms with Crippen LogP contribution in [0.4, 0.5) is 0 Å². The Balaban J connectivity index is 2.67. The molecular formula is C14H22Si. The van der Waals surface area contributed by atoms with Crippen molar-refractivity contribution in [3.8, 4) is 0 Å². The van der Waals surface area contributed by atoms with E-state index in [9.17, 15) is 0 Å². The van der Waals surface area contributed by atoms with Crippen LogP contribution in [-0.2, 0) is 0 Å². The zero-order valence-corrected chi connectivity index (χ0v) is 11.6. The molecule has 15 heavy (non-hydrogen) atoms. The molecule has 0 radical (unpaired) electrons. The standard InChI is InChI=1S/C14H22Si/c1-14(2,3)15(4,5)12-11-13-9-7-6-8-10-13/h6-10H,12H2,1-5H3. The highest BCUT2D eigenvalue weighted by atomic mass is 28.3. The van der Waals surface area contributed by atoms with Crippen LogP contribution in [0.5, 0.6) is 0 Å². The molecule has 0 aliphatic heterocycles. The molecule has 0 saturated carbocycles. The largest absolute Gasteiger partial charge is 0.149 e. The maximum Gasteiger partial charge on any atom is 0.0473 e. The van der Waals surface area contributed by atoms with Gasteiger partial charge in [0.15, 0.2) is 0 Å². The van der Waals surface area contributed by atoms with Gasteiger partial charge in [-0.3, -0.25) is 0 Å². The van der Waals surface area contributed by atoms with Gasteiger partial charge in [-0.15, -0.1) is 6.08 Å². The number of allylic oxidation sites excluding steroid dienone is 6. The minimum absolute atomic E-state index is 0.453. The Morgan fingerprint density at radius 2 is 1.73 bits per heavy atom. The Kier molecular flexibility index (Phi) is 3.66. The van der Waals surface area contributed by atoms with Crippen LogP contribution in [0.15, 0.2) is 29.9 Å². The van der Waals surface area contributed by atoms with Gasteiger partial charge in [0.1, 0.15) is 0 Å². The second kappa shape index (κ2) is 4.44. The van der Waals surface area contributed by atoms with E-state index in [0.29, 0.717) is 5.04 Å². The van der Waals surface area contributed by atoms with E-state index in [1.807, 2.05) is 0 Å². The van der Waals surface area contributed by atoms with Crippen LogP contribution in [0.25, 0.3) is 0 Å². The fraction of sp³-hybridized carbons (Fsp3) is 0.500. The second-order valence-corrected chi connectivity index (χ2v) is 11.5. The lowest BCUT2D eigenvalue weighted by Crippen LogP contribution is -2.36. The van der Waals surface area contributed by atoms with Gasteiger partial charge >= 0.3 is 0 Å². The van der Waals surface area contributed by atoms with Gasteiger partial charge in [-0.2, -0.15) is 0 Å². The molecule has 0 spiro atoms. The Bertz CT molecular complexity index is 284. The summed E-state index contributed by atoms with van der Waals surface area (Å²) in [5.74, 6) is 0. The maximum absolute atomic E-state index is 3.55. The minimum atomic E-state index is -1.20. The van der Waals surface area contributed by atoms with Crippen molar-refractivity contribution in [1.82, 2.24) is 0 Å². The topological polar surface area (TPSA) is 0 Å². The third-order valence-corrected chi connectivity index (χ3v) is 8.66. The van der Waals surface area contributed by atoms with Crippen LogP contribution in [-0.4, -0.2) is 8.07 Å². The van der Waals surface area contributed by atoms with Gasteiger partial charge in [-0.05, 0) is 5.04 Å². The van der Waals surface area contributed by atoms with E-state index in [-0.39, 0.29) is 0 Å². The van der Waals surface area contributed by atoms with Crippen LogP contribution in [0.2, 0.25) is 24.2 Å². The predicted molar refractivity (Wildman–Crippen MR) is 71.3 cm³/mol. The van der Waals surface area contributed by atoms with Crippen LogP contribution in [0.1, 0.15) is 20.8 Å². The van der Waals surface area contributed by atoms with Gasteiger partial charge in [0.2, 0.25) is 0 Å². The van der Waals surface area contributed by atoms with Crippen LogP contribution >= 0.6 is 0 Å². The molecule has 0 saturated heterocycles. The number of hydrogen-bond acceptors (Lipinski definition) is 0. The number of rotatable bonds is 2. The van der Waals surface area contributed by atoms with E-state index in [0.717, 1.165) is 6.04 Å². The maximum atomic E-state index is 3.55. The average Bonchev–Trinajstić information content (AvgIpc) is 2.15. The molecule has 0 bridgehead atoms. The molecule has 1 rings (SSSR count). The first-order chi connectivity index (χ1) is 6.83. The fourth-order valence-electron chi connectivity index (χ4n) is 1.14. The van der Waals surface area contributed by atoms with E-state index in [2.05, 4.69) is 70.7 Å². The van der Waals surface area contributed by atoms with E-state index in [1.54, 1.807) is 0 Å². The normalized spacial score (nSPS) is 16.5. The second-order valence-electron chi connectivity index (χ2n) is 5.85. The van der Waals surface area contributed by atoms with E-state index >= 15 is 0 Å². The Labute approximate surface area is 95.8 Å². The van der Waals surface area contributed by atoms with Gasteiger partial charge in [-0.25, -0.2) is 0 Å². The van der Waals surface area contributed by atoms with Gasteiger partial charge in [0, 0.05) is 44.4 Å². The zero-order valence-electron chi connectivity index (χ0n) is 10.6. The van der Waals surface area contributed by atoms with Crippen molar-refractivity contribution in [2.24, 2.45) is 0 Å². The van der Waals surface area contributed by atoms with Crippen molar-refractivity contribution in [2.75, 3.05) is 0 Å². The summed E-state index contributed by atoms with van der Waals surface area (Å²) in [5.41, 5.74) is 1.24. The van der Waals surface area contributed by atoms with Crippen molar-refractivity contribution < 1.29 is 0 Å². The minimum Gasteiger partial charge on any atom is -0.149 e. The lowest BCUT2D eigenvalue weighted by Gasteiger charge is -2.37. The Morgan fingerprint density at radius 1 is 1.20 bits per heavy atom. The highest BCUT2D eigenvalue weighted by Gasteiger charge is 2.32. The summed E-state index contributed by atoms with van der Waals surface area (Å²) in [6, 6.07) is 1.14. The highest BCUT2D eigenvalue weighted by molar-refractivity contribution is 6.80. The summed E-state index contributed by atoms with van der Waals surface area (Å²) in [6.07, 6.45) is 14.0. The summed E-state index contributed by atoms with van der Waals surface area (Å²) >= 11 is 0. The molecule has 0 aromatic carbocycles. The van der Waals surface area contributed by atoms with Gasteiger partial charge in [0.25, 0.3) is 0 Å². The van der Waals surface area contributed by atoms with Crippen LogP contribution in [0, 0.1) is 12.5 Å². The molecule has 1 aliphatic rings. The first-order valence-electron chi connectivity index (χ1n) is 5.62. The third-order valence-electron chi connectivity index (χ3n) is 3.54. The molecule has 0 atom stereocenters. The smallest absolute Gasteiger partial charge is 0.0473 e. The molecular weight excluding hydrogens is 196 g/mol. The number of hydrogen-bond donors (Lipinski definition) is 0. The summed E-state index contributed by atoms with van der Waals surface area (Å²) < 4.78 is 0. The molecule has 0 aromatic rings. The summed E-state index contributed by atoms with van der Waals surface area (Å²) in [7, 11) is -1.20. The molecule has 0 N–H and O–H groups in total. The van der Waals surface area contributed by atoms with Crippen molar-refractivity contribution >= 4 is 8.07 Å². The lowest BCUT2D eigenvalue weighted by atomic mass is 10.1. The summed E-state index contributed by atoms with van der Waals surface area (Å²) in [5, 5.41) is 0.453. The highest BCUT2D eigenvalue weighted by Crippen LogP contribution is 2.38. The fourth-order valence-corrected chi connectivity index (χ4v) is 2.32. The van der Waals surface area contributed by atoms with Gasteiger partial charge in [0.05, 0.1) is 0 Å². The van der Waals surface area contributed by atoms with Crippen LogP contribution in [0.3, 0.4) is 0 Å². The molecule has 0 fully saturated rings. The van der Waals surface area contributed by atoms with Crippen molar-refractivity contribution in [3.63, 3.8) is 0 Å². The molecule has 82 valence electrons.